The lowest BCUT2D eigenvalue weighted by Crippen LogP contribution is -2.34. The summed E-state index contributed by atoms with van der Waals surface area (Å²) in [7, 11) is 0. The normalized spacial score (nSPS) is 23.6. The Kier molecular flexibility index (Phi) is 3.45. The molecule has 0 bridgehead atoms. The Bertz CT molecular complexity index is 494. The van der Waals surface area contributed by atoms with Gasteiger partial charge in [0, 0.05) is 24.8 Å². The van der Waals surface area contributed by atoms with Gasteiger partial charge < -0.3 is 10.1 Å². The molecule has 2 unspecified atom stereocenters. The second-order valence-electron chi connectivity index (χ2n) is 4.60. The molecule has 4 nitrogen and oxygen atoms in total. The van der Waals surface area contributed by atoms with Crippen molar-refractivity contribution >= 4 is 11.3 Å². The monoisotopic (exact) mass is 263 g/mol. The zero-order valence-corrected chi connectivity index (χ0v) is 11.2. The average Bonchev–Trinajstić information content (AvgIpc) is 3.07. The van der Waals surface area contributed by atoms with E-state index in [1.165, 1.54) is 10.4 Å². The number of nitrogens with zero attached hydrogens (tertiary/aromatic N) is 1. The SMILES string of the molecule is CC1OCCC1NCc1cn[nH]c1-c1cccs1. The van der Waals surface area contributed by atoms with Crippen LogP contribution in [0.4, 0.5) is 0 Å². The van der Waals surface area contributed by atoms with E-state index in [2.05, 4.69) is 40.0 Å². The van der Waals surface area contributed by atoms with E-state index in [1.807, 2.05) is 6.20 Å². The molecule has 0 amide bonds. The van der Waals surface area contributed by atoms with Gasteiger partial charge in [-0.05, 0) is 24.8 Å². The second kappa shape index (κ2) is 5.22. The molecule has 1 aliphatic heterocycles. The highest BCUT2D eigenvalue weighted by Crippen LogP contribution is 2.26. The minimum Gasteiger partial charge on any atom is -0.377 e. The summed E-state index contributed by atoms with van der Waals surface area (Å²) in [6.45, 7) is 3.82. The molecule has 96 valence electrons. The first kappa shape index (κ1) is 11.9. The topological polar surface area (TPSA) is 49.9 Å². The van der Waals surface area contributed by atoms with Crippen molar-refractivity contribution < 1.29 is 4.74 Å². The van der Waals surface area contributed by atoms with E-state index in [0.29, 0.717) is 12.1 Å². The van der Waals surface area contributed by atoms with Gasteiger partial charge in [-0.25, -0.2) is 0 Å². The molecule has 2 aromatic heterocycles. The molecule has 2 atom stereocenters. The van der Waals surface area contributed by atoms with Gasteiger partial charge in [-0.15, -0.1) is 11.3 Å². The van der Waals surface area contributed by atoms with Gasteiger partial charge >= 0.3 is 0 Å². The van der Waals surface area contributed by atoms with Gasteiger partial charge in [-0.2, -0.15) is 5.10 Å². The van der Waals surface area contributed by atoms with Crippen molar-refractivity contribution in [2.75, 3.05) is 6.61 Å². The molecule has 0 saturated carbocycles. The molecule has 0 radical (unpaired) electrons. The Labute approximate surface area is 110 Å². The van der Waals surface area contributed by atoms with Gasteiger partial charge in [0.1, 0.15) is 0 Å². The van der Waals surface area contributed by atoms with E-state index in [-0.39, 0.29) is 0 Å². The van der Waals surface area contributed by atoms with E-state index in [1.54, 1.807) is 11.3 Å². The third-order valence-corrected chi connectivity index (χ3v) is 4.30. The number of aromatic amines is 1. The predicted molar refractivity (Wildman–Crippen MR) is 72.6 cm³/mol. The number of nitrogens with one attached hydrogen (secondary N) is 2. The van der Waals surface area contributed by atoms with Gasteiger partial charge in [-0.1, -0.05) is 6.07 Å². The Balaban J connectivity index is 1.68. The molecule has 0 spiro atoms. The van der Waals surface area contributed by atoms with Crippen LogP contribution in [0.15, 0.2) is 23.7 Å². The van der Waals surface area contributed by atoms with Crippen molar-refractivity contribution in [3.63, 3.8) is 0 Å². The number of thiophene rings is 1. The lowest BCUT2D eigenvalue weighted by molar-refractivity contribution is 0.113. The Morgan fingerprint density at radius 1 is 1.61 bits per heavy atom. The molecular formula is C13H17N3OS. The first-order valence-corrected chi connectivity index (χ1v) is 7.13. The fourth-order valence-electron chi connectivity index (χ4n) is 2.32. The first-order valence-electron chi connectivity index (χ1n) is 6.25. The van der Waals surface area contributed by atoms with Crippen LogP contribution in [-0.4, -0.2) is 29.0 Å². The van der Waals surface area contributed by atoms with Crippen LogP contribution in [-0.2, 0) is 11.3 Å². The molecule has 1 saturated heterocycles. The largest absolute Gasteiger partial charge is 0.377 e. The fourth-order valence-corrected chi connectivity index (χ4v) is 3.08. The van der Waals surface area contributed by atoms with Gasteiger partial charge in [0.05, 0.1) is 22.9 Å². The highest BCUT2D eigenvalue weighted by molar-refractivity contribution is 7.13. The maximum Gasteiger partial charge on any atom is 0.0794 e. The zero-order valence-electron chi connectivity index (χ0n) is 10.3. The molecule has 3 heterocycles. The van der Waals surface area contributed by atoms with Crippen molar-refractivity contribution in [2.24, 2.45) is 0 Å². The highest BCUT2D eigenvalue weighted by atomic mass is 32.1. The van der Waals surface area contributed by atoms with Crippen LogP contribution < -0.4 is 5.32 Å². The van der Waals surface area contributed by atoms with Crippen LogP contribution >= 0.6 is 11.3 Å². The maximum absolute atomic E-state index is 5.55. The zero-order chi connectivity index (χ0) is 12.4. The quantitative estimate of drug-likeness (QED) is 0.890. The predicted octanol–water partition coefficient (Wildman–Crippen LogP) is 2.41. The minimum absolute atomic E-state index is 0.307. The molecule has 0 aromatic carbocycles. The highest BCUT2D eigenvalue weighted by Gasteiger charge is 2.23. The number of ether oxygens (including phenoxy) is 1. The standard InChI is InChI=1S/C13H17N3OS/c1-9-11(4-5-17-9)14-7-10-8-15-16-13(10)12-3-2-6-18-12/h2-3,6,8-9,11,14H,4-5,7H2,1H3,(H,15,16). The van der Waals surface area contributed by atoms with Crippen LogP contribution in [0.25, 0.3) is 10.6 Å². The van der Waals surface area contributed by atoms with Gasteiger partial charge in [0.25, 0.3) is 0 Å². The molecule has 5 heteroatoms. The maximum atomic E-state index is 5.55. The molecule has 2 aromatic rings. The van der Waals surface area contributed by atoms with Crippen molar-refractivity contribution in [3.8, 4) is 10.6 Å². The van der Waals surface area contributed by atoms with Crippen molar-refractivity contribution in [1.29, 1.82) is 0 Å². The molecular weight excluding hydrogens is 246 g/mol. The molecule has 1 aliphatic rings. The third-order valence-electron chi connectivity index (χ3n) is 3.42. The molecule has 0 aliphatic carbocycles. The molecule has 1 fully saturated rings. The smallest absolute Gasteiger partial charge is 0.0794 e. The van der Waals surface area contributed by atoms with Gasteiger partial charge in [-0.3, -0.25) is 5.10 Å². The number of aromatic nitrogens is 2. The van der Waals surface area contributed by atoms with Gasteiger partial charge in [0.2, 0.25) is 0 Å². The van der Waals surface area contributed by atoms with E-state index in [0.717, 1.165) is 25.3 Å². The van der Waals surface area contributed by atoms with E-state index >= 15 is 0 Å². The van der Waals surface area contributed by atoms with E-state index in [4.69, 9.17) is 4.74 Å². The number of rotatable bonds is 4. The first-order chi connectivity index (χ1) is 8.84. The van der Waals surface area contributed by atoms with Crippen molar-refractivity contribution in [2.45, 2.75) is 32.0 Å². The summed E-state index contributed by atoms with van der Waals surface area (Å²) in [6, 6.07) is 4.63. The van der Waals surface area contributed by atoms with E-state index < -0.39 is 0 Å². The molecule has 3 rings (SSSR count). The fraction of sp³-hybridized carbons (Fsp3) is 0.462. The summed E-state index contributed by atoms with van der Waals surface area (Å²) < 4.78 is 5.55. The Morgan fingerprint density at radius 3 is 3.28 bits per heavy atom. The lowest BCUT2D eigenvalue weighted by Gasteiger charge is -2.15. The number of hydrogen-bond acceptors (Lipinski definition) is 4. The summed E-state index contributed by atoms with van der Waals surface area (Å²) in [5.74, 6) is 0. The van der Waals surface area contributed by atoms with Crippen LogP contribution in [0.1, 0.15) is 18.9 Å². The van der Waals surface area contributed by atoms with Gasteiger partial charge in [0.15, 0.2) is 0 Å². The summed E-state index contributed by atoms with van der Waals surface area (Å²) in [5.41, 5.74) is 2.35. The van der Waals surface area contributed by atoms with Crippen molar-refractivity contribution in [3.05, 3.63) is 29.3 Å². The number of hydrogen-bond donors (Lipinski definition) is 2. The van der Waals surface area contributed by atoms with Crippen LogP contribution in [0, 0.1) is 0 Å². The minimum atomic E-state index is 0.307. The van der Waals surface area contributed by atoms with Crippen molar-refractivity contribution in [1.82, 2.24) is 15.5 Å². The summed E-state index contributed by atoms with van der Waals surface area (Å²) >= 11 is 1.73. The van der Waals surface area contributed by atoms with Crippen LogP contribution in [0.2, 0.25) is 0 Å². The summed E-state index contributed by atoms with van der Waals surface area (Å²) in [4.78, 5) is 1.24. The third kappa shape index (κ3) is 2.34. The molecule has 18 heavy (non-hydrogen) atoms. The lowest BCUT2D eigenvalue weighted by atomic mass is 10.1. The van der Waals surface area contributed by atoms with E-state index in [9.17, 15) is 0 Å². The Morgan fingerprint density at radius 2 is 2.56 bits per heavy atom. The second-order valence-corrected chi connectivity index (χ2v) is 5.55. The summed E-state index contributed by atoms with van der Waals surface area (Å²) in [5, 5.41) is 12.9. The van der Waals surface area contributed by atoms with Crippen LogP contribution in [0.3, 0.4) is 0 Å². The average molecular weight is 263 g/mol. The van der Waals surface area contributed by atoms with Crippen LogP contribution in [0.5, 0.6) is 0 Å². The Hall–Kier alpha value is -1.17. The summed E-state index contributed by atoms with van der Waals surface area (Å²) in [6.07, 6.45) is 3.30. The number of H-pyrrole nitrogens is 1. The molecule has 2 N–H and O–H groups in total.